The van der Waals surface area contributed by atoms with Crippen LogP contribution in [0.2, 0.25) is 0 Å². The van der Waals surface area contributed by atoms with Crippen LogP contribution < -0.4 is 5.32 Å². The summed E-state index contributed by atoms with van der Waals surface area (Å²) in [5, 5.41) is 12.3. The van der Waals surface area contributed by atoms with Crippen molar-refractivity contribution in [2.45, 2.75) is 19.5 Å². The molecule has 0 spiro atoms. The Morgan fingerprint density at radius 3 is 2.72 bits per heavy atom. The molecular weight excluding hydrogens is 248 g/mol. The number of nitrogens with one attached hydrogen (secondary N) is 1. The predicted molar refractivity (Wildman–Crippen MR) is 70.5 cm³/mol. The highest BCUT2D eigenvalue weighted by molar-refractivity contribution is 7.09. The van der Waals surface area contributed by atoms with Crippen LogP contribution in [0.25, 0.3) is 0 Å². The number of carboxylic acid groups (broad SMARTS) is 1. The third kappa shape index (κ3) is 2.94. The van der Waals surface area contributed by atoms with Gasteiger partial charge >= 0.3 is 5.97 Å². The number of carbonyl (C=O) groups is 1. The van der Waals surface area contributed by atoms with Crippen LogP contribution in [0.5, 0.6) is 0 Å². The van der Waals surface area contributed by atoms with Crippen molar-refractivity contribution in [1.29, 1.82) is 0 Å². The average Bonchev–Trinajstić information content (AvgIpc) is 2.76. The van der Waals surface area contributed by atoms with Crippen LogP contribution in [0.1, 0.15) is 22.2 Å². The number of benzene rings is 1. The molecule has 1 aromatic heterocycles. The molecule has 2 aromatic rings. The fourth-order valence-corrected chi connectivity index (χ4v) is 2.41. The third-order valence-electron chi connectivity index (χ3n) is 2.69. The Morgan fingerprint density at radius 1 is 1.44 bits per heavy atom. The summed E-state index contributed by atoms with van der Waals surface area (Å²) in [4.78, 5) is 16.5. The lowest BCUT2D eigenvalue weighted by Gasteiger charge is -2.14. The lowest BCUT2D eigenvalue weighted by molar-refractivity contribution is -0.139. The van der Waals surface area contributed by atoms with Crippen LogP contribution >= 0.6 is 11.3 Å². The summed E-state index contributed by atoms with van der Waals surface area (Å²) in [5.74, 6) is -0.872. The second-order valence-corrected chi connectivity index (χ2v) is 4.86. The largest absolute Gasteiger partial charge is 0.480 e. The summed E-state index contributed by atoms with van der Waals surface area (Å²) in [6, 6.07) is 8.48. The van der Waals surface area contributed by atoms with Crippen LogP contribution in [0.15, 0.2) is 35.8 Å². The van der Waals surface area contributed by atoms with E-state index in [1.165, 1.54) is 11.3 Å². The molecule has 0 aliphatic rings. The summed E-state index contributed by atoms with van der Waals surface area (Å²) >= 11 is 1.53. The van der Waals surface area contributed by atoms with Crippen molar-refractivity contribution < 1.29 is 9.90 Å². The van der Waals surface area contributed by atoms with E-state index in [0.717, 1.165) is 16.1 Å². The van der Waals surface area contributed by atoms with Gasteiger partial charge in [-0.3, -0.25) is 10.1 Å². The van der Waals surface area contributed by atoms with Gasteiger partial charge in [-0.25, -0.2) is 4.98 Å². The molecule has 0 aliphatic carbocycles. The predicted octanol–water partition coefficient (Wildman–Crippen LogP) is 2.37. The molecule has 0 amide bonds. The van der Waals surface area contributed by atoms with Gasteiger partial charge in [0.2, 0.25) is 0 Å². The molecule has 2 rings (SSSR count). The van der Waals surface area contributed by atoms with Crippen molar-refractivity contribution in [3.8, 4) is 0 Å². The van der Waals surface area contributed by atoms with E-state index < -0.39 is 12.0 Å². The highest BCUT2D eigenvalue weighted by Crippen LogP contribution is 2.16. The van der Waals surface area contributed by atoms with Crippen molar-refractivity contribution >= 4 is 17.3 Å². The summed E-state index contributed by atoms with van der Waals surface area (Å²) in [6.45, 7) is 2.44. The number of aryl methyl sites for hydroxylation is 1. The Bertz CT molecular complexity index is 525. The van der Waals surface area contributed by atoms with E-state index in [0.29, 0.717) is 6.54 Å². The van der Waals surface area contributed by atoms with Crippen LogP contribution in [0.4, 0.5) is 0 Å². The van der Waals surface area contributed by atoms with Crippen LogP contribution in [0, 0.1) is 6.92 Å². The molecule has 0 bridgehead atoms. The van der Waals surface area contributed by atoms with Gasteiger partial charge in [0.1, 0.15) is 6.04 Å². The van der Waals surface area contributed by atoms with Gasteiger partial charge in [-0.15, -0.1) is 11.3 Å². The van der Waals surface area contributed by atoms with Crippen molar-refractivity contribution in [2.24, 2.45) is 0 Å². The van der Waals surface area contributed by atoms with Gasteiger partial charge in [0, 0.05) is 11.4 Å². The van der Waals surface area contributed by atoms with Gasteiger partial charge < -0.3 is 5.11 Å². The molecule has 0 radical (unpaired) electrons. The number of carboxylic acids is 1. The lowest BCUT2D eigenvalue weighted by atomic mass is 10.1. The van der Waals surface area contributed by atoms with Crippen LogP contribution in [-0.4, -0.2) is 16.1 Å². The lowest BCUT2D eigenvalue weighted by Crippen LogP contribution is -2.28. The third-order valence-corrected chi connectivity index (χ3v) is 3.63. The first-order valence-electron chi connectivity index (χ1n) is 5.58. The zero-order valence-electron chi connectivity index (χ0n) is 9.96. The minimum atomic E-state index is -0.872. The fourth-order valence-electron chi connectivity index (χ4n) is 1.68. The summed E-state index contributed by atoms with van der Waals surface area (Å²) < 4.78 is 0. The monoisotopic (exact) mass is 262 g/mol. The maximum Gasteiger partial charge on any atom is 0.325 e. The molecule has 94 valence electrons. The molecule has 2 N–H and O–H groups in total. The van der Waals surface area contributed by atoms with E-state index in [1.54, 1.807) is 5.51 Å². The Hall–Kier alpha value is -1.72. The first-order chi connectivity index (χ1) is 8.68. The second-order valence-electron chi connectivity index (χ2n) is 3.92. The molecule has 1 aromatic carbocycles. The maximum atomic E-state index is 11.3. The summed E-state index contributed by atoms with van der Waals surface area (Å²) in [6.07, 6.45) is 0. The first kappa shape index (κ1) is 12.7. The number of nitrogens with zero attached hydrogens (tertiary/aromatic N) is 1. The SMILES string of the molecule is Cc1ncsc1CNC(C(=O)O)c1ccccc1. The Kier molecular flexibility index (Phi) is 4.07. The van der Waals surface area contributed by atoms with Gasteiger partial charge in [0.15, 0.2) is 0 Å². The van der Waals surface area contributed by atoms with Crippen LogP contribution in [-0.2, 0) is 11.3 Å². The Balaban J connectivity index is 2.09. The van der Waals surface area contributed by atoms with Gasteiger partial charge in [-0.2, -0.15) is 0 Å². The zero-order chi connectivity index (χ0) is 13.0. The molecule has 0 aliphatic heterocycles. The summed E-state index contributed by atoms with van der Waals surface area (Å²) in [5.41, 5.74) is 3.47. The highest BCUT2D eigenvalue weighted by atomic mass is 32.1. The molecule has 18 heavy (non-hydrogen) atoms. The summed E-state index contributed by atoms with van der Waals surface area (Å²) in [7, 11) is 0. The number of aliphatic carboxylic acids is 1. The van der Waals surface area contributed by atoms with Gasteiger partial charge in [0.05, 0.1) is 11.2 Å². The van der Waals surface area contributed by atoms with Crippen molar-refractivity contribution in [1.82, 2.24) is 10.3 Å². The molecule has 5 heteroatoms. The van der Waals surface area contributed by atoms with E-state index in [9.17, 15) is 9.90 Å². The number of aromatic nitrogens is 1. The van der Waals surface area contributed by atoms with Crippen molar-refractivity contribution in [3.05, 3.63) is 52.0 Å². The molecule has 0 saturated heterocycles. The van der Waals surface area contributed by atoms with Gasteiger partial charge in [-0.05, 0) is 12.5 Å². The molecule has 1 atom stereocenters. The maximum absolute atomic E-state index is 11.3. The molecule has 0 fully saturated rings. The van der Waals surface area contributed by atoms with E-state index in [2.05, 4.69) is 10.3 Å². The number of rotatable bonds is 5. The molecule has 0 saturated carbocycles. The van der Waals surface area contributed by atoms with Crippen LogP contribution in [0.3, 0.4) is 0 Å². The minimum absolute atomic E-state index is 0.516. The average molecular weight is 262 g/mol. The minimum Gasteiger partial charge on any atom is -0.480 e. The smallest absolute Gasteiger partial charge is 0.325 e. The quantitative estimate of drug-likeness (QED) is 0.868. The van der Waals surface area contributed by atoms with E-state index >= 15 is 0 Å². The van der Waals surface area contributed by atoms with Crippen molar-refractivity contribution in [3.63, 3.8) is 0 Å². The van der Waals surface area contributed by atoms with E-state index in [4.69, 9.17) is 0 Å². The fraction of sp³-hybridized carbons (Fsp3) is 0.231. The number of thiazole rings is 1. The molecule has 1 heterocycles. The van der Waals surface area contributed by atoms with Gasteiger partial charge in [-0.1, -0.05) is 30.3 Å². The van der Waals surface area contributed by atoms with Crippen molar-refractivity contribution in [2.75, 3.05) is 0 Å². The first-order valence-corrected chi connectivity index (χ1v) is 6.46. The zero-order valence-corrected chi connectivity index (χ0v) is 10.8. The molecule has 4 nitrogen and oxygen atoms in total. The Labute approximate surface area is 109 Å². The number of hydrogen-bond donors (Lipinski definition) is 2. The normalized spacial score (nSPS) is 12.3. The second kappa shape index (κ2) is 5.75. The van der Waals surface area contributed by atoms with Gasteiger partial charge in [0.25, 0.3) is 0 Å². The Morgan fingerprint density at radius 2 is 2.17 bits per heavy atom. The van der Waals surface area contributed by atoms with E-state index in [1.807, 2.05) is 37.3 Å². The number of hydrogen-bond acceptors (Lipinski definition) is 4. The van der Waals surface area contributed by atoms with E-state index in [-0.39, 0.29) is 0 Å². The molecule has 1 unspecified atom stereocenters. The highest BCUT2D eigenvalue weighted by Gasteiger charge is 2.19. The standard InChI is InChI=1S/C13H14N2O2S/c1-9-11(18-8-15-9)7-14-12(13(16)17)10-5-3-2-4-6-10/h2-6,8,12,14H,7H2,1H3,(H,16,17). The topological polar surface area (TPSA) is 62.2 Å². The molecular formula is C13H14N2O2S.